The van der Waals surface area contributed by atoms with Gasteiger partial charge in [0.1, 0.15) is 5.82 Å². The van der Waals surface area contributed by atoms with Gasteiger partial charge in [-0.05, 0) is 31.1 Å². The molecule has 0 radical (unpaired) electrons. The summed E-state index contributed by atoms with van der Waals surface area (Å²) in [7, 11) is 0. The summed E-state index contributed by atoms with van der Waals surface area (Å²) in [5.41, 5.74) is 0. The lowest BCUT2D eigenvalue weighted by molar-refractivity contribution is 0.392. The second kappa shape index (κ2) is 5.80. The molecule has 1 aliphatic rings. The molecule has 0 aliphatic heterocycles. The molecule has 3 atom stereocenters. The third-order valence-corrected chi connectivity index (χ3v) is 4.69. The molecule has 1 aromatic heterocycles. The predicted molar refractivity (Wildman–Crippen MR) is 73.5 cm³/mol. The summed E-state index contributed by atoms with van der Waals surface area (Å²) in [6.45, 7) is 6.83. The van der Waals surface area contributed by atoms with Gasteiger partial charge in [0.15, 0.2) is 0 Å². The average Bonchev–Trinajstić information content (AvgIpc) is 2.89. The summed E-state index contributed by atoms with van der Waals surface area (Å²) in [6, 6.07) is 0.599. The number of nitrogens with one attached hydrogen (secondary N) is 1. The van der Waals surface area contributed by atoms with Crippen LogP contribution in [0.3, 0.4) is 0 Å². The fourth-order valence-electron chi connectivity index (χ4n) is 2.82. The third kappa shape index (κ3) is 2.97. The van der Waals surface area contributed by atoms with Crippen LogP contribution in [0.2, 0.25) is 0 Å². The van der Waals surface area contributed by atoms with Crippen LogP contribution in [0.15, 0.2) is 0 Å². The maximum Gasteiger partial charge on any atom is 0.202 e. The Labute approximate surface area is 108 Å². The van der Waals surface area contributed by atoms with Crippen molar-refractivity contribution in [3.63, 3.8) is 0 Å². The van der Waals surface area contributed by atoms with Crippen LogP contribution in [-0.2, 0) is 6.42 Å². The van der Waals surface area contributed by atoms with E-state index in [0.29, 0.717) is 6.04 Å². The highest BCUT2D eigenvalue weighted by Gasteiger charge is 2.31. The molecule has 1 aromatic rings. The van der Waals surface area contributed by atoms with Crippen LogP contribution in [0.25, 0.3) is 0 Å². The molecule has 2 rings (SSSR count). The standard InChI is InChI=1S/C13H23N3S/c1-4-6-12-15-13(17-16-12)14-11-8-7-10(5-2)9(11)3/h9-11H,4-8H2,1-3H3,(H,14,15,16). The van der Waals surface area contributed by atoms with Crippen LogP contribution < -0.4 is 5.32 Å². The molecule has 0 aromatic carbocycles. The molecule has 0 spiro atoms. The van der Waals surface area contributed by atoms with Crippen molar-refractivity contribution >= 4 is 16.7 Å². The van der Waals surface area contributed by atoms with E-state index in [1.54, 1.807) is 0 Å². The van der Waals surface area contributed by atoms with Crippen molar-refractivity contribution in [2.75, 3.05) is 5.32 Å². The second-order valence-corrected chi connectivity index (χ2v) is 5.87. The van der Waals surface area contributed by atoms with Crippen molar-refractivity contribution in [3.05, 3.63) is 5.82 Å². The molecule has 3 nitrogen and oxygen atoms in total. The minimum atomic E-state index is 0.599. The first kappa shape index (κ1) is 12.8. The maximum atomic E-state index is 4.55. The van der Waals surface area contributed by atoms with Crippen molar-refractivity contribution in [2.24, 2.45) is 11.8 Å². The van der Waals surface area contributed by atoms with Gasteiger partial charge in [-0.15, -0.1) is 0 Å². The van der Waals surface area contributed by atoms with Gasteiger partial charge in [0.05, 0.1) is 0 Å². The maximum absolute atomic E-state index is 4.55. The molecule has 17 heavy (non-hydrogen) atoms. The molecule has 96 valence electrons. The molecule has 1 N–H and O–H groups in total. The van der Waals surface area contributed by atoms with E-state index >= 15 is 0 Å². The zero-order valence-electron chi connectivity index (χ0n) is 11.1. The Morgan fingerprint density at radius 3 is 2.82 bits per heavy atom. The summed E-state index contributed by atoms with van der Waals surface area (Å²) in [4.78, 5) is 4.55. The van der Waals surface area contributed by atoms with Crippen molar-refractivity contribution in [3.8, 4) is 0 Å². The van der Waals surface area contributed by atoms with Crippen LogP contribution >= 0.6 is 11.5 Å². The quantitative estimate of drug-likeness (QED) is 0.869. The molecular weight excluding hydrogens is 230 g/mol. The molecule has 1 heterocycles. The summed E-state index contributed by atoms with van der Waals surface area (Å²) < 4.78 is 4.38. The Bertz CT molecular complexity index is 350. The van der Waals surface area contributed by atoms with E-state index in [4.69, 9.17) is 0 Å². The van der Waals surface area contributed by atoms with Crippen molar-refractivity contribution in [1.29, 1.82) is 0 Å². The fourth-order valence-corrected chi connectivity index (χ4v) is 3.50. The molecule has 1 aliphatic carbocycles. The Kier molecular flexibility index (Phi) is 4.37. The van der Waals surface area contributed by atoms with Crippen LogP contribution in [0.1, 0.15) is 52.3 Å². The smallest absolute Gasteiger partial charge is 0.202 e. The molecule has 3 unspecified atom stereocenters. The van der Waals surface area contributed by atoms with E-state index in [0.717, 1.165) is 35.6 Å². The number of anilines is 1. The highest BCUT2D eigenvalue weighted by Crippen LogP contribution is 2.35. The second-order valence-electron chi connectivity index (χ2n) is 5.12. The highest BCUT2D eigenvalue weighted by atomic mass is 32.1. The first-order valence-corrected chi connectivity index (χ1v) is 7.61. The largest absolute Gasteiger partial charge is 0.357 e. The van der Waals surface area contributed by atoms with Gasteiger partial charge in [0.2, 0.25) is 5.13 Å². The summed E-state index contributed by atoms with van der Waals surface area (Å²) in [5.74, 6) is 2.65. The lowest BCUT2D eigenvalue weighted by Crippen LogP contribution is -2.24. The van der Waals surface area contributed by atoms with E-state index in [9.17, 15) is 0 Å². The van der Waals surface area contributed by atoms with Gasteiger partial charge < -0.3 is 5.32 Å². The molecule has 0 bridgehead atoms. The number of nitrogens with zero attached hydrogens (tertiary/aromatic N) is 2. The Hall–Kier alpha value is -0.640. The third-order valence-electron chi connectivity index (χ3n) is 4.00. The lowest BCUT2D eigenvalue weighted by atomic mass is 9.94. The molecule has 0 amide bonds. The van der Waals surface area contributed by atoms with E-state index in [-0.39, 0.29) is 0 Å². The van der Waals surface area contributed by atoms with Crippen molar-refractivity contribution in [2.45, 2.75) is 58.9 Å². The lowest BCUT2D eigenvalue weighted by Gasteiger charge is -2.20. The van der Waals surface area contributed by atoms with Gasteiger partial charge in [-0.25, -0.2) is 4.98 Å². The molecular formula is C13H23N3S. The number of hydrogen-bond acceptors (Lipinski definition) is 4. The Morgan fingerprint density at radius 2 is 2.18 bits per heavy atom. The van der Waals surface area contributed by atoms with Gasteiger partial charge in [-0.3, -0.25) is 0 Å². The average molecular weight is 253 g/mol. The van der Waals surface area contributed by atoms with E-state index in [1.807, 2.05) is 0 Å². The van der Waals surface area contributed by atoms with Crippen molar-refractivity contribution in [1.82, 2.24) is 9.36 Å². The number of aromatic nitrogens is 2. The summed E-state index contributed by atoms with van der Waals surface area (Å²) >= 11 is 1.51. The fraction of sp³-hybridized carbons (Fsp3) is 0.846. The minimum Gasteiger partial charge on any atom is -0.357 e. The first-order valence-electron chi connectivity index (χ1n) is 6.83. The van der Waals surface area contributed by atoms with Gasteiger partial charge in [-0.1, -0.05) is 27.2 Å². The van der Waals surface area contributed by atoms with Crippen molar-refractivity contribution < 1.29 is 0 Å². The van der Waals surface area contributed by atoms with E-state index in [1.165, 1.54) is 30.8 Å². The Balaban J connectivity index is 1.92. The summed E-state index contributed by atoms with van der Waals surface area (Å²) in [6.07, 6.45) is 6.05. The van der Waals surface area contributed by atoms with Crippen LogP contribution in [0.5, 0.6) is 0 Å². The molecule has 1 saturated carbocycles. The number of aryl methyl sites for hydroxylation is 1. The van der Waals surface area contributed by atoms with E-state index < -0.39 is 0 Å². The zero-order valence-corrected chi connectivity index (χ0v) is 11.9. The molecule has 1 fully saturated rings. The first-order chi connectivity index (χ1) is 8.24. The number of hydrogen-bond donors (Lipinski definition) is 1. The SMILES string of the molecule is CCCc1nsc(NC2CCC(CC)C2C)n1. The van der Waals surface area contributed by atoms with Gasteiger partial charge in [-0.2, -0.15) is 4.37 Å². The number of rotatable bonds is 5. The zero-order chi connectivity index (χ0) is 12.3. The normalized spacial score (nSPS) is 28.5. The van der Waals surface area contributed by atoms with Gasteiger partial charge in [0.25, 0.3) is 0 Å². The summed E-state index contributed by atoms with van der Waals surface area (Å²) in [5, 5.41) is 4.59. The van der Waals surface area contributed by atoms with Gasteiger partial charge >= 0.3 is 0 Å². The topological polar surface area (TPSA) is 37.8 Å². The highest BCUT2D eigenvalue weighted by molar-refractivity contribution is 7.09. The molecule has 4 heteroatoms. The Morgan fingerprint density at radius 1 is 1.35 bits per heavy atom. The van der Waals surface area contributed by atoms with Crippen LogP contribution in [0.4, 0.5) is 5.13 Å². The predicted octanol–water partition coefficient (Wildman–Crippen LogP) is 3.73. The monoisotopic (exact) mass is 253 g/mol. The van der Waals surface area contributed by atoms with E-state index in [2.05, 4.69) is 35.4 Å². The van der Waals surface area contributed by atoms with Gasteiger partial charge in [0, 0.05) is 24.0 Å². The molecule has 0 saturated heterocycles. The minimum absolute atomic E-state index is 0.599. The van der Waals surface area contributed by atoms with Crippen LogP contribution in [-0.4, -0.2) is 15.4 Å². The van der Waals surface area contributed by atoms with Crippen LogP contribution in [0, 0.1) is 11.8 Å².